The van der Waals surface area contributed by atoms with Crippen LogP contribution in [0.4, 0.5) is 0 Å². The highest BCUT2D eigenvalue weighted by Crippen LogP contribution is 2.19. The summed E-state index contributed by atoms with van der Waals surface area (Å²) in [5.41, 5.74) is 0. The second kappa shape index (κ2) is 69.8. The normalized spacial score (nSPS) is 12.6. The van der Waals surface area contributed by atoms with Gasteiger partial charge in [0, 0.05) is 12.8 Å². The first kappa shape index (κ1) is 78.3. The van der Waals surface area contributed by atoms with Crippen LogP contribution in [-0.4, -0.2) is 47.4 Å². The Morgan fingerprint density at radius 1 is 0.338 bits per heavy atom. The minimum Gasteiger partial charge on any atom is -0.466 e. The fourth-order valence-electron chi connectivity index (χ4n) is 11.6. The molecule has 0 spiro atoms. The Balaban J connectivity index is 3.36. The number of ether oxygens (including phenoxy) is 1. The number of hydrogen-bond acceptors (Lipinski definition) is 5. The highest BCUT2D eigenvalue weighted by Gasteiger charge is 2.18. The summed E-state index contributed by atoms with van der Waals surface area (Å²) in [6, 6.07) is -0.626. The van der Waals surface area contributed by atoms with E-state index in [1.807, 2.05) is 6.08 Å². The van der Waals surface area contributed by atoms with E-state index in [9.17, 15) is 19.8 Å². The van der Waals surface area contributed by atoms with Crippen molar-refractivity contribution in [1.29, 1.82) is 0 Å². The quantitative estimate of drug-likeness (QED) is 0.0320. The molecule has 0 aliphatic rings. The lowest BCUT2D eigenvalue weighted by atomic mass is 10.0. The van der Waals surface area contributed by atoms with E-state index in [4.69, 9.17) is 4.74 Å². The van der Waals surface area contributed by atoms with Gasteiger partial charge in [-0.25, -0.2) is 0 Å². The van der Waals surface area contributed by atoms with Gasteiger partial charge in [0.2, 0.25) is 5.91 Å². The van der Waals surface area contributed by atoms with E-state index < -0.39 is 12.1 Å². The van der Waals surface area contributed by atoms with Crippen molar-refractivity contribution < 1.29 is 24.5 Å². The molecule has 80 heavy (non-hydrogen) atoms. The highest BCUT2D eigenvalue weighted by atomic mass is 16.5. The van der Waals surface area contributed by atoms with Crippen LogP contribution in [-0.2, 0) is 14.3 Å². The fourth-order valence-corrected chi connectivity index (χ4v) is 11.6. The Labute approximate surface area is 501 Å². The monoisotopic (exact) mass is 1130 g/mol. The number of esters is 1. The Bertz CT molecular complexity index is 1250. The third-order valence-corrected chi connectivity index (χ3v) is 17.2. The molecule has 0 radical (unpaired) electrons. The van der Waals surface area contributed by atoms with Gasteiger partial charge in [-0.15, -0.1) is 0 Å². The number of allylic oxidation sites excluding steroid dienone is 3. The minimum absolute atomic E-state index is 0.0215. The molecule has 2 atom stereocenters. The lowest BCUT2D eigenvalue weighted by Crippen LogP contribution is -2.45. The summed E-state index contributed by atoms with van der Waals surface area (Å²) < 4.78 is 5.51. The van der Waals surface area contributed by atoms with Gasteiger partial charge in [0.25, 0.3) is 0 Å². The van der Waals surface area contributed by atoms with Crippen molar-refractivity contribution in [2.45, 2.75) is 424 Å². The fraction of sp³-hybridized carbons (Fsp3) is 0.919. The smallest absolute Gasteiger partial charge is 0.305 e. The van der Waals surface area contributed by atoms with Gasteiger partial charge in [-0.1, -0.05) is 366 Å². The molecule has 0 fully saturated rings. The van der Waals surface area contributed by atoms with Gasteiger partial charge in [0.05, 0.1) is 25.4 Å². The predicted octanol–water partition coefficient (Wildman–Crippen LogP) is 23.7. The highest BCUT2D eigenvalue weighted by molar-refractivity contribution is 5.76. The molecule has 0 aliphatic carbocycles. The summed E-state index contributed by atoms with van der Waals surface area (Å²) in [4.78, 5) is 24.6. The van der Waals surface area contributed by atoms with E-state index in [2.05, 4.69) is 31.3 Å². The van der Waals surface area contributed by atoms with Crippen LogP contribution in [0.1, 0.15) is 412 Å². The molecule has 0 aromatic carbocycles. The van der Waals surface area contributed by atoms with Gasteiger partial charge in [0.1, 0.15) is 0 Å². The SMILES string of the molecule is CCCCCCCCCCCCCCCC/C=C/C(O)C(CO)NC(=O)CCCCCCCCCCCCCCCC/C=C\CCCCCCCCCCCCCCOC(=O)CCCCCCCCCCCCCCCCCCC. The molecule has 0 aromatic heterocycles. The molecule has 474 valence electrons. The number of aliphatic hydroxyl groups is 2. The van der Waals surface area contributed by atoms with Crippen LogP contribution in [0.5, 0.6) is 0 Å². The molecule has 2 unspecified atom stereocenters. The first-order valence-electron chi connectivity index (χ1n) is 36.6. The lowest BCUT2D eigenvalue weighted by molar-refractivity contribution is -0.143. The Kier molecular flexibility index (Phi) is 68.4. The van der Waals surface area contributed by atoms with Crippen molar-refractivity contribution in [2.75, 3.05) is 13.2 Å². The largest absolute Gasteiger partial charge is 0.466 e. The van der Waals surface area contributed by atoms with Crippen LogP contribution in [0.15, 0.2) is 24.3 Å². The third kappa shape index (κ3) is 65.5. The number of carbonyl (C=O) groups is 2. The van der Waals surface area contributed by atoms with Crippen molar-refractivity contribution in [3.8, 4) is 0 Å². The molecule has 0 saturated heterocycles. The van der Waals surface area contributed by atoms with E-state index in [1.165, 1.54) is 347 Å². The molecule has 3 N–H and O–H groups in total. The number of unbranched alkanes of at least 4 members (excludes halogenated alkanes) is 56. The van der Waals surface area contributed by atoms with Crippen molar-refractivity contribution in [3.05, 3.63) is 24.3 Å². The van der Waals surface area contributed by atoms with Crippen LogP contribution in [0.2, 0.25) is 0 Å². The Morgan fingerprint density at radius 2 is 0.588 bits per heavy atom. The number of aliphatic hydroxyl groups excluding tert-OH is 2. The average Bonchev–Trinajstić information content (AvgIpc) is 3.46. The first-order valence-corrected chi connectivity index (χ1v) is 36.6. The summed E-state index contributed by atoms with van der Waals surface area (Å²) in [5, 5.41) is 23.2. The van der Waals surface area contributed by atoms with E-state index in [-0.39, 0.29) is 18.5 Å². The van der Waals surface area contributed by atoms with E-state index >= 15 is 0 Å². The van der Waals surface area contributed by atoms with Crippen molar-refractivity contribution in [3.63, 3.8) is 0 Å². The van der Waals surface area contributed by atoms with Gasteiger partial charge in [-0.3, -0.25) is 9.59 Å². The molecule has 6 nitrogen and oxygen atoms in total. The summed E-state index contributed by atoms with van der Waals surface area (Å²) in [7, 11) is 0. The minimum atomic E-state index is -0.843. The lowest BCUT2D eigenvalue weighted by Gasteiger charge is -2.20. The second-order valence-corrected chi connectivity index (χ2v) is 25.3. The molecule has 0 bridgehead atoms. The molecule has 0 rings (SSSR count). The van der Waals surface area contributed by atoms with Crippen molar-refractivity contribution >= 4 is 11.9 Å². The zero-order valence-corrected chi connectivity index (χ0v) is 54.3. The number of carbonyl (C=O) groups excluding carboxylic acids is 2. The molecule has 0 aromatic rings. The van der Waals surface area contributed by atoms with E-state index in [1.54, 1.807) is 6.08 Å². The number of nitrogens with one attached hydrogen (secondary N) is 1. The first-order chi connectivity index (χ1) is 39.5. The molecule has 0 heterocycles. The average molecular weight is 1130 g/mol. The maximum atomic E-state index is 12.5. The molecule has 1 amide bonds. The van der Waals surface area contributed by atoms with E-state index in [0.29, 0.717) is 19.4 Å². The van der Waals surface area contributed by atoms with Crippen LogP contribution in [0.3, 0.4) is 0 Å². The van der Waals surface area contributed by atoms with Crippen LogP contribution in [0.25, 0.3) is 0 Å². The zero-order chi connectivity index (χ0) is 57.8. The molecule has 0 aliphatic heterocycles. The van der Waals surface area contributed by atoms with E-state index in [0.717, 1.165) is 38.5 Å². The Hall–Kier alpha value is -1.66. The van der Waals surface area contributed by atoms with Gasteiger partial charge in [-0.05, 0) is 57.8 Å². The number of rotatable bonds is 69. The van der Waals surface area contributed by atoms with Gasteiger partial charge >= 0.3 is 5.97 Å². The molecule has 0 saturated carbocycles. The second-order valence-electron chi connectivity index (χ2n) is 25.3. The summed E-state index contributed by atoms with van der Waals surface area (Å²) >= 11 is 0. The zero-order valence-electron chi connectivity index (χ0n) is 54.3. The summed E-state index contributed by atoms with van der Waals surface area (Å²) in [6.45, 7) is 4.95. The molecule has 6 heteroatoms. The molecular formula is C74H143NO5. The van der Waals surface area contributed by atoms with Gasteiger partial charge in [0.15, 0.2) is 0 Å². The van der Waals surface area contributed by atoms with Gasteiger partial charge in [-0.2, -0.15) is 0 Å². The number of hydrogen-bond donors (Lipinski definition) is 3. The summed E-state index contributed by atoms with van der Waals surface area (Å²) in [6.07, 6.45) is 88.4. The third-order valence-electron chi connectivity index (χ3n) is 17.2. The predicted molar refractivity (Wildman–Crippen MR) is 352 cm³/mol. The standard InChI is InChI=1S/C74H143NO5/c1-3-5-7-9-11-13-15-17-19-35-40-44-48-52-56-60-64-68-74(79)80-69-65-61-57-53-49-45-41-37-34-32-30-28-26-24-22-21-23-25-27-29-31-33-36-39-43-47-51-55-59-63-67-73(78)75-71(70-76)72(77)66-62-58-54-50-46-42-38-20-18-16-14-12-10-8-6-4-2/h22,24,62,66,71-72,76-77H,3-21,23,25-61,63-65,67-70H2,1-2H3,(H,75,78)/b24-22-,66-62+. The van der Waals surface area contributed by atoms with Crippen molar-refractivity contribution in [2.24, 2.45) is 0 Å². The topological polar surface area (TPSA) is 95.9 Å². The van der Waals surface area contributed by atoms with Gasteiger partial charge < -0.3 is 20.3 Å². The maximum Gasteiger partial charge on any atom is 0.305 e. The Morgan fingerprint density at radius 3 is 0.887 bits per heavy atom. The summed E-state index contributed by atoms with van der Waals surface area (Å²) in [5.74, 6) is -0.0419. The van der Waals surface area contributed by atoms with Crippen molar-refractivity contribution in [1.82, 2.24) is 5.32 Å². The molecular weight excluding hydrogens is 983 g/mol. The number of amides is 1. The van der Waals surface area contributed by atoms with Crippen LogP contribution in [0, 0.1) is 0 Å². The van der Waals surface area contributed by atoms with Crippen LogP contribution < -0.4 is 5.32 Å². The maximum absolute atomic E-state index is 12.5. The van der Waals surface area contributed by atoms with Crippen LogP contribution >= 0.6 is 0 Å².